The predicted molar refractivity (Wildman–Crippen MR) is 51.3 cm³/mol. The summed E-state index contributed by atoms with van der Waals surface area (Å²) in [6, 6.07) is 0. The van der Waals surface area contributed by atoms with Crippen molar-refractivity contribution in [3.05, 3.63) is 0 Å². The highest BCUT2D eigenvalue weighted by atomic mass is 16.8. The van der Waals surface area contributed by atoms with Crippen LogP contribution >= 0.6 is 0 Å². The molecule has 6 nitrogen and oxygen atoms in total. The molecule has 2 aliphatic heterocycles. The SMILES string of the molecule is CC(=O)O[C@H]1O[C@@H](CO)[C@@H]2OC(C)(C)O[C@H]12. The molecule has 0 unspecified atom stereocenters. The molecule has 2 heterocycles. The van der Waals surface area contributed by atoms with E-state index < -0.39 is 36.4 Å². The number of carbonyl (C=O) groups excluding carboxylic acids is 1. The molecule has 4 atom stereocenters. The van der Waals surface area contributed by atoms with Crippen molar-refractivity contribution in [1.29, 1.82) is 0 Å². The monoisotopic (exact) mass is 232 g/mol. The Morgan fingerprint density at radius 2 is 2.00 bits per heavy atom. The molecule has 2 rings (SSSR count). The van der Waals surface area contributed by atoms with E-state index in [1.807, 2.05) is 0 Å². The number of esters is 1. The fourth-order valence-electron chi connectivity index (χ4n) is 2.05. The van der Waals surface area contributed by atoms with Crippen molar-refractivity contribution in [1.82, 2.24) is 0 Å². The molecule has 0 aliphatic carbocycles. The number of hydrogen-bond donors (Lipinski definition) is 1. The van der Waals surface area contributed by atoms with Crippen LogP contribution in [0.15, 0.2) is 0 Å². The molecule has 6 heteroatoms. The minimum atomic E-state index is -0.804. The van der Waals surface area contributed by atoms with Crippen LogP contribution in [0, 0.1) is 0 Å². The summed E-state index contributed by atoms with van der Waals surface area (Å²) in [6.07, 6.45) is -2.20. The number of fused-ring (bicyclic) bond motifs is 1. The Morgan fingerprint density at radius 3 is 2.56 bits per heavy atom. The quantitative estimate of drug-likeness (QED) is 0.664. The lowest BCUT2D eigenvalue weighted by Gasteiger charge is -2.23. The minimum absolute atomic E-state index is 0.196. The molecule has 0 bridgehead atoms. The van der Waals surface area contributed by atoms with Crippen molar-refractivity contribution in [2.24, 2.45) is 0 Å². The molecule has 1 N–H and O–H groups in total. The van der Waals surface area contributed by atoms with Gasteiger partial charge in [0.1, 0.15) is 12.2 Å². The van der Waals surface area contributed by atoms with Crippen molar-refractivity contribution in [3.63, 3.8) is 0 Å². The molecule has 0 spiro atoms. The number of hydrogen-bond acceptors (Lipinski definition) is 6. The van der Waals surface area contributed by atoms with Gasteiger partial charge < -0.3 is 24.1 Å². The summed E-state index contributed by atoms with van der Waals surface area (Å²) in [5, 5.41) is 9.13. The Hall–Kier alpha value is -0.690. The summed E-state index contributed by atoms with van der Waals surface area (Å²) in [5.41, 5.74) is 0. The zero-order chi connectivity index (χ0) is 11.9. The summed E-state index contributed by atoms with van der Waals surface area (Å²) >= 11 is 0. The number of carbonyl (C=O) groups is 1. The van der Waals surface area contributed by atoms with E-state index in [4.69, 9.17) is 24.1 Å². The Balaban J connectivity index is 2.11. The van der Waals surface area contributed by atoms with E-state index in [-0.39, 0.29) is 6.61 Å². The van der Waals surface area contributed by atoms with Gasteiger partial charge in [-0.3, -0.25) is 4.79 Å². The van der Waals surface area contributed by atoms with Crippen LogP contribution in [0.3, 0.4) is 0 Å². The first-order chi connectivity index (χ1) is 7.43. The van der Waals surface area contributed by atoms with Crippen LogP contribution in [0.4, 0.5) is 0 Å². The number of aliphatic hydroxyl groups is 1. The van der Waals surface area contributed by atoms with Crippen LogP contribution in [0.1, 0.15) is 20.8 Å². The van der Waals surface area contributed by atoms with E-state index in [1.54, 1.807) is 13.8 Å². The zero-order valence-corrected chi connectivity index (χ0v) is 9.50. The molecule has 0 saturated carbocycles. The maximum atomic E-state index is 10.9. The van der Waals surface area contributed by atoms with Gasteiger partial charge in [-0.25, -0.2) is 0 Å². The third-order valence-electron chi connectivity index (χ3n) is 2.57. The summed E-state index contributed by atoms with van der Waals surface area (Å²) in [5.74, 6) is -1.19. The standard InChI is InChI=1S/C10H16O6/c1-5(12)13-9-8-7(6(4-11)14-9)15-10(2,3)16-8/h6-9,11H,4H2,1-3H3/t6-,7-,8-,9-/m0/s1. The first kappa shape index (κ1) is 11.8. The molecule has 2 saturated heterocycles. The molecule has 2 aliphatic rings. The Bertz CT molecular complexity index is 289. The van der Waals surface area contributed by atoms with Gasteiger partial charge in [0.25, 0.3) is 0 Å². The lowest BCUT2D eigenvalue weighted by atomic mass is 10.1. The molecular formula is C10H16O6. The van der Waals surface area contributed by atoms with Crippen LogP contribution in [0.25, 0.3) is 0 Å². The first-order valence-electron chi connectivity index (χ1n) is 5.22. The highest BCUT2D eigenvalue weighted by Crippen LogP contribution is 2.38. The van der Waals surface area contributed by atoms with E-state index in [9.17, 15) is 4.79 Å². The number of ether oxygens (including phenoxy) is 4. The maximum absolute atomic E-state index is 10.9. The zero-order valence-electron chi connectivity index (χ0n) is 9.50. The van der Waals surface area contributed by atoms with Gasteiger partial charge in [-0.2, -0.15) is 0 Å². The lowest BCUT2D eigenvalue weighted by Crippen LogP contribution is -2.32. The van der Waals surface area contributed by atoms with Crippen molar-refractivity contribution < 1.29 is 28.8 Å². The minimum Gasteiger partial charge on any atom is -0.433 e. The normalized spacial score (nSPS) is 40.8. The van der Waals surface area contributed by atoms with Crippen molar-refractivity contribution in [2.45, 2.75) is 51.2 Å². The summed E-state index contributed by atoms with van der Waals surface area (Å²) in [7, 11) is 0. The van der Waals surface area contributed by atoms with Gasteiger partial charge in [-0.05, 0) is 13.8 Å². The summed E-state index contributed by atoms with van der Waals surface area (Å²) < 4.78 is 21.5. The fraction of sp³-hybridized carbons (Fsp3) is 0.900. The van der Waals surface area contributed by atoms with E-state index in [1.165, 1.54) is 6.92 Å². The average molecular weight is 232 g/mol. The third-order valence-corrected chi connectivity index (χ3v) is 2.57. The molecule has 92 valence electrons. The van der Waals surface area contributed by atoms with Crippen molar-refractivity contribution in [3.8, 4) is 0 Å². The Kier molecular flexibility index (Phi) is 2.91. The topological polar surface area (TPSA) is 74.2 Å². The highest BCUT2D eigenvalue weighted by Gasteiger charge is 2.56. The van der Waals surface area contributed by atoms with E-state index in [0.29, 0.717) is 0 Å². The second-order valence-corrected chi connectivity index (χ2v) is 4.40. The molecule has 0 aromatic heterocycles. The van der Waals surface area contributed by atoms with Gasteiger partial charge in [0.15, 0.2) is 11.9 Å². The van der Waals surface area contributed by atoms with Gasteiger partial charge in [-0.15, -0.1) is 0 Å². The van der Waals surface area contributed by atoms with Gasteiger partial charge in [0.2, 0.25) is 6.29 Å². The van der Waals surface area contributed by atoms with Gasteiger partial charge in [0, 0.05) is 6.92 Å². The van der Waals surface area contributed by atoms with E-state index >= 15 is 0 Å². The van der Waals surface area contributed by atoms with Crippen molar-refractivity contribution >= 4 is 5.97 Å². The van der Waals surface area contributed by atoms with Crippen LogP contribution in [-0.4, -0.2) is 48.1 Å². The number of rotatable bonds is 2. The van der Waals surface area contributed by atoms with Crippen molar-refractivity contribution in [2.75, 3.05) is 6.61 Å². The molecular weight excluding hydrogens is 216 g/mol. The smallest absolute Gasteiger partial charge is 0.305 e. The van der Waals surface area contributed by atoms with Crippen LogP contribution < -0.4 is 0 Å². The maximum Gasteiger partial charge on any atom is 0.305 e. The molecule has 0 radical (unpaired) electrons. The van der Waals surface area contributed by atoms with E-state index in [2.05, 4.69) is 0 Å². The van der Waals surface area contributed by atoms with Crippen LogP contribution in [-0.2, 0) is 23.7 Å². The Morgan fingerprint density at radius 1 is 1.38 bits per heavy atom. The van der Waals surface area contributed by atoms with Crippen LogP contribution in [0.2, 0.25) is 0 Å². The molecule has 2 fully saturated rings. The van der Waals surface area contributed by atoms with Gasteiger partial charge in [-0.1, -0.05) is 0 Å². The predicted octanol–water partition coefficient (Wildman–Crippen LogP) is -0.213. The second kappa shape index (κ2) is 3.96. The number of aliphatic hydroxyl groups excluding tert-OH is 1. The molecule has 0 aromatic rings. The van der Waals surface area contributed by atoms with Gasteiger partial charge >= 0.3 is 5.97 Å². The third kappa shape index (κ3) is 2.06. The molecule has 0 aromatic carbocycles. The summed E-state index contributed by atoms with van der Waals surface area (Å²) in [4.78, 5) is 10.9. The van der Waals surface area contributed by atoms with Crippen LogP contribution in [0.5, 0.6) is 0 Å². The first-order valence-corrected chi connectivity index (χ1v) is 5.22. The van der Waals surface area contributed by atoms with Gasteiger partial charge in [0.05, 0.1) is 6.61 Å². The molecule has 0 amide bonds. The Labute approximate surface area is 93.4 Å². The summed E-state index contributed by atoms with van der Waals surface area (Å²) in [6.45, 7) is 4.64. The average Bonchev–Trinajstić information content (AvgIpc) is 2.60. The fourth-order valence-corrected chi connectivity index (χ4v) is 2.05. The highest BCUT2D eigenvalue weighted by molar-refractivity contribution is 5.66. The lowest BCUT2D eigenvalue weighted by molar-refractivity contribution is -0.233. The van der Waals surface area contributed by atoms with E-state index in [0.717, 1.165) is 0 Å². The molecule has 16 heavy (non-hydrogen) atoms. The second-order valence-electron chi connectivity index (χ2n) is 4.40. The largest absolute Gasteiger partial charge is 0.433 e.